The van der Waals surface area contributed by atoms with E-state index in [0.29, 0.717) is 15.8 Å². The number of rotatable bonds is 1. The predicted octanol–water partition coefficient (Wildman–Crippen LogP) is 1.07. The maximum absolute atomic E-state index is 12.4. The third kappa shape index (κ3) is 2.19. The molecule has 1 atom stereocenters. The molecule has 2 aliphatic rings. The third-order valence-corrected chi connectivity index (χ3v) is 5.76. The van der Waals surface area contributed by atoms with E-state index in [1.807, 2.05) is 0 Å². The molecule has 0 saturated carbocycles. The molecule has 2 aliphatic heterocycles. The van der Waals surface area contributed by atoms with E-state index in [0.717, 1.165) is 0 Å². The van der Waals surface area contributed by atoms with E-state index in [2.05, 4.69) is 0 Å². The van der Waals surface area contributed by atoms with Gasteiger partial charge in [0.15, 0.2) is 14.9 Å². The highest BCUT2D eigenvalue weighted by Crippen LogP contribution is 2.29. The van der Waals surface area contributed by atoms with Gasteiger partial charge in [-0.1, -0.05) is 11.6 Å². The molecule has 0 N–H and O–H groups in total. The number of fused-ring (bicyclic) bond motifs is 1. The second kappa shape index (κ2) is 4.68. The van der Waals surface area contributed by atoms with Crippen LogP contribution < -0.4 is 4.90 Å². The Kier molecular flexibility index (Phi) is 3.23. The number of carbonyl (C=O) groups excluding carboxylic acids is 1. The van der Waals surface area contributed by atoms with Crippen LogP contribution in [0.1, 0.15) is 0 Å². The zero-order chi connectivity index (χ0) is 14.5. The van der Waals surface area contributed by atoms with E-state index in [4.69, 9.17) is 23.8 Å². The monoisotopic (exact) mass is 330 g/mol. The highest BCUT2D eigenvalue weighted by molar-refractivity contribution is 7.91. The Morgan fingerprint density at radius 3 is 2.55 bits per heavy atom. The number of anilines is 1. The molecule has 2 heterocycles. The first-order valence-corrected chi connectivity index (χ1v) is 8.60. The zero-order valence-electron chi connectivity index (χ0n) is 10.3. The molecule has 1 amide bonds. The van der Waals surface area contributed by atoms with Gasteiger partial charge in [0, 0.05) is 11.6 Å². The highest BCUT2D eigenvalue weighted by atomic mass is 35.5. The molecule has 0 aliphatic carbocycles. The van der Waals surface area contributed by atoms with Crippen molar-refractivity contribution in [3.05, 3.63) is 29.3 Å². The number of nitrogens with zero attached hydrogens (tertiary/aromatic N) is 2. The van der Waals surface area contributed by atoms with Crippen LogP contribution in [-0.2, 0) is 14.6 Å². The molecule has 1 aromatic carbocycles. The Hall–Kier alpha value is -1.18. The van der Waals surface area contributed by atoms with Gasteiger partial charge in [-0.3, -0.25) is 9.69 Å². The van der Waals surface area contributed by atoms with E-state index in [9.17, 15) is 13.2 Å². The maximum atomic E-state index is 12.4. The summed E-state index contributed by atoms with van der Waals surface area (Å²) in [6, 6.07) is 6.03. The van der Waals surface area contributed by atoms with Gasteiger partial charge in [-0.25, -0.2) is 8.42 Å². The summed E-state index contributed by atoms with van der Waals surface area (Å²) in [6.45, 7) is 0.266. The Morgan fingerprint density at radius 2 is 1.90 bits per heavy atom. The van der Waals surface area contributed by atoms with Gasteiger partial charge in [0.25, 0.3) is 5.91 Å². The van der Waals surface area contributed by atoms with Crippen molar-refractivity contribution in [2.45, 2.75) is 6.04 Å². The zero-order valence-corrected chi connectivity index (χ0v) is 12.7. The van der Waals surface area contributed by atoms with E-state index < -0.39 is 15.9 Å². The van der Waals surface area contributed by atoms with Crippen molar-refractivity contribution >= 4 is 50.4 Å². The summed E-state index contributed by atoms with van der Waals surface area (Å²) in [5.41, 5.74) is 0.608. The molecule has 0 aromatic heterocycles. The van der Waals surface area contributed by atoms with Crippen molar-refractivity contribution in [2.75, 3.05) is 23.0 Å². The lowest BCUT2D eigenvalue weighted by Gasteiger charge is -2.27. The molecular weight excluding hydrogens is 320 g/mol. The lowest BCUT2D eigenvalue weighted by molar-refractivity contribution is -0.119. The van der Waals surface area contributed by atoms with Crippen LogP contribution in [0.3, 0.4) is 0 Å². The standard InChI is InChI=1S/C12H11ClN2O3S2/c13-8-1-3-9(4-2-8)15-11(16)10-7-20(17,18)6-5-14(10)12(15)19/h1-4,10H,5-7H2. The normalized spacial score (nSPS) is 24.9. The van der Waals surface area contributed by atoms with Gasteiger partial charge in [0.1, 0.15) is 6.04 Å². The van der Waals surface area contributed by atoms with Gasteiger partial charge >= 0.3 is 0 Å². The molecule has 1 unspecified atom stereocenters. The third-order valence-electron chi connectivity index (χ3n) is 3.46. The summed E-state index contributed by atoms with van der Waals surface area (Å²) >= 11 is 11.1. The molecule has 8 heteroatoms. The van der Waals surface area contributed by atoms with Crippen molar-refractivity contribution < 1.29 is 13.2 Å². The molecule has 2 saturated heterocycles. The van der Waals surface area contributed by atoms with Crippen LogP contribution in [0, 0.1) is 0 Å². The molecule has 1 aromatic rings. The number of thiocarbonyl (C=S) groups is 1. The van der Waals surface area contributed by atoms with Gasteiger partial charge in [-0.2, -0.15) is 0 Å². The van der Waals surface area contributed by atoms with E-state index in [-0.39, 0.29) is 24.0 Å². The Morgan fingerprint density at radius 1 is 1.25 bits per heavy atom. The molecule has 0 spiro atoms. The lowest BCUT2D eigenvalue weighted by atomic mass is 10.2. The Balaban J connectivity index is 1.97. The molecule has 0 bridgehead atoms. The topological polar surface area (TPSA) is 57.7 Å². The Bertz CT molecular complexity index is 687. The van der Waals surface area contributed by atoms with Crippen molar-refractivity contribution in [3.8, 4) is 0 Å². The minimum Gasteiger partial charge on any atom is -0.334 e. The number of hydrogen-bond donors (Lipinski definition) is 0. The number of sulfone groups is 1. The Labute approximate surface area is 127 Å². The number of halogens is 1. The van der Waals surface area contributed by atoms with E-state index in [1.165, 1.54) is 4.90 Å². The van der Waals surface area contributed by atoms with Crippen molar-refractivity contribution in [2.24, 2.45) is 0 Å². The van der Waals surface area contributed by atoms with Gasteiger partial charge in [-0.15, -0.1) is 0 Å². The van der Waals surface area contributed by atoms with Gasteiger partial charge in [0.2, 0.25) is 0 Å². The fraction of sp³-hybridized carbons (Fsp3) is 0.333. The summed E-state index contributed by atoms with van der Waals surface area (Å²) < 4.78 is 23.4. The SMILES string of the molecule is O=C1C2CS(=O)(=O)CCN2C(=S)N1c1ccc(Cl)cc1. The molecular formula is C12H11ClN2O3S2. The van der Waals surface area contributed by atoms with Crippen LogP contribution in [0.4, 0.5) is 5.69 Å². The predicted molar refractivity (Wildman–Crippen MR) is 80.7 cm³/mol. The second-order valence-electron chi connectivity index (χ2n) is 4.76. The molecule has 5 nitrogen and oxygen atoms in total. The minimum absolute atomic E-state index is 0.0331. The number of amides is 1. The summed E-state index contributed by atoms with van der Waals surface area (Å²) in [5, 5.41) is 0.920. The van der Waals surface area contributed by atoms with Crippen molar-refractivity contribution in [1.29, 1.82) is 0 Å². The molecule has 0 radical (unpaired) electrons. The van der Waals surface area contributed by atoms with E-state index >= 15 is 0 Å². The van der Waals surface area contributed by atoms with Crippen molar-refractivity contribution in [1.82, 2.24) is 4.90 Å². The number of hydrogen-bond acceptors (Lipinski definition) is 4. The number of benzene rings is 1. The minimum atomic E-state index is -3.18. The van der Waals surface area contributed by atoms with Crippen LogP contribution in [0.15, 0.2) is 24.3 Å². The quantitative estimate of drug-likeness (QED) is 0.721. The van der Waals surface area contributed by atoms with Crippen LogP contribution in [0.5, 0.6) is 0 Å². The first-order valence-electron chi connectivity index (χ1n) is 6.00. The first kappa shape index (κ1) is 13.8. The fourth-order valence-electron chi connectivity index (χ4n) is 2.44. The molecule has 20 heavy (non-hydrogen) atoms. The second-order valence-corrected chi connectivity index (χ2v) is 7.79. The van der Waals surface area contributed by atoms with Crippen LogP contribution in [-0.4, -0.2) is 48.4 Å². The summed E-state index contributed by atoms with van der Waals surface area (Å²) in [6.07, 6.45) is 0. The maximum Gasteiger partial charge on any atom is 0.257 e. The van der Waals surface area contributed by atoms with Crippen LogP contribution >= 0.6 is 23.8 Å². The van der Waals surface area contributed by atoms with Gasteiger partial charge < -0.3 is 4.90 Å². The molecule has 3 rings (SSSR count). The summed E-state index contributed by atoms with van der Waals surface area (Å²) in [4.78, 5) is 15.5. The lowest BCUT2D eigenvalue weighted by Crippen LogP contribution is -2.48. The summed E-state index contributed by atoms with van der Waals surface area (Å²) in [5.74, 6) is -0.429. The number of carbonyl (C=O) groups is 1. The average Bonchev–Trinajstić information content (AvgIpc) is 2.62. The van der Waals surface area contributed by atoms with Crippen LogP contribution in [0.25, 0.3) is 0 Å². The first-order chi connectivity index (χ1) is 9.39. The van der Waals surface area contributed by atoms with Crippen LogP contribution in [0.2, 0.25) is 5.02 Å². The van der Waals surface area contributed by atoms with Crippen molar-refractivity contribution in [3.63, 3.8) is 0 Å². The van der Waals surface area contributed by atoms with E-state index in [1.54, 1.807) is 29.2 Å². The highest BCUT2D eigenvalue weighted by Gasteiger charge is 2.47. The van der Waals surface area contributed by atoms with Gasteiger partial charge in [0.05, 0.1) is 17.2 Å². The largest absolute Gasteiger partial charge is 0.334 e. The molecule has 106 valence electrons. The van der Waals surface area contributed by atoms with Gasteiger partial charge in [-0.05, 0) is 36.5 Å². The average molecular weight is 331 g/mol. The summed E-state index contributed by atoms with van der Waals surface area (Å²) in [7, 11) is -3.18. The smallest absolute Gasteiger partial charge is 0.257 e. The fourth-order valence-corrected chi connectivity index (χ4v) is 4.43. The molecule has 2 fully saturated rings.